The van der Waals surface area contributed by atoms with Gasteiger partial charge in [0.2, 0.25) is 0 Å². The zero-order valence-corrected chi connectivity index (χ0v) is 13.9. The summed E-state index contributed by atoms with van der Waals surface area (Å²) in [6.45, 7) is 0.660. The smallest absolute Gasteiger partial charge is 0.261 e. The number of aryl methyl sites for hydroxylation is 3. The van der Waals surface area contributed by atoms with Gasteiger partial charge in [-0.2, -0.15) is 5.10 Å². The number of hydrogen-bond acceptors (Lipinski definition) is 3. The molecule has 0 radical (unpaired) electrons. The van der Waals surface area contributed by atoms with Crippen LogP contribution in [-0.2, 0) is 26.3 Å². The minimum absolute atomic E-state index is 0.0700. The van der Waals surface area contributed by atoms with Crippen molar-refractivity contribution < 1.29 is 4.79 Å². The summed E-state index contributed by atoms with van der Waals surface area (Å²) in [5.74, 6) is 0.0700. The Kier molecular flexibility index (Phi) is 4.93. The van der Waals surface area contributed by atoms with Crippen LogP contribution in [0, 0.1) is 0 Å². The summed E-state index contributed by atoms with van der Waals surface area (Å²) in [5, 5.41) is 7.17. The van der Waals surface area contributed by atoms with Gasteiger partial charge in [-0.3, -0.25) is 9.48 Å². The lowest BCUT2D eigenvalue weighted by molar-refractivity contribution is 0.0958. The molecule has 0 atom stereocenters. The second-order valence-corrected chi connectivity index (χ2v) is 7.14. The molecule has 1 aliphatic rings. The molecule has 0 saturated carbocycles. The van der Waals surface area contributed by atoms with Gasteiger partial charge in [0.25, 0.3) is 5.91 Å². The third-order valence-corrected chi connectivity index (χ3v) is 5.41. The topological polar surface area (TPSA) is 46.9 Å². The lowest BCUT2D eigenvalue weighted by atomic mass is 10.00. The van der Waals surface area contributed by atoms with Crippen LogP contribution < -0.4 is 5.32 Å². The van der Waals surface area contributed by atoms with Crippen LogP contribution in [0.5, 0.6) is 0 Å². The van der Waals surface area contributed by atoms with Crippen molar-refractivity contribution in [3.8, 4) is 0 Å². The molecule has 118 valence electrons. The molecule has 3 rings (SSSR count). The summed E-state index contributed by atoms with van der Waals surface area (Å²) >= 11 is 1.69. The molecule has 22 heavy (non-hydrogen) atoms. The van der Waals surface area contributed by atoms with Crippen LogP contribution in [0.15, 0.2) is 18.5 Å². The van der Waals surface area contributed by atoms with Crippen molar-refractivity contribution in [1.29, 1.82) is 0 Å². The Balaban J connectivity index is 1.56. The van der Waals surface area contributed by atoms with Crippen molar-refractivity contribution in [3.05, 3.63) is 39.3 Å². The minimum Gasteiger partial charge on any atom is -0.351 e. The first-order chi connectivity index (χ1) is 10.7. The molecular weight excluding hydrogens is 294 g/mol. The number of hydrogen-bond donors (Lipinski definition) is 1. The van der Waals surface area contributed by atoms with E-state index in [2.05, 4.69) is 16.5 Å². The summed E-state index contributed by atoms with van der Waals surface area (Å²) in [7, 11) is 1.91. The first kappa shape index (κ1) is 15.3. The van der Waals surface area contributed by atoms with E-state index in [1.165, 1.54) is 36.1 Å². The van der Waals surface area contributed by atoms with Crippen LogP contribution in [0.25, 0.3) is 0 Å². The van der Waals surface area contributed by atoms with Crippen molar-refractivity contribution in [3.63, 3.8) is 0 Å². The number of nitrogens with one attached hydrogen (secondary N) is 1. The number of carbonyl (C=O) groups is 1. The zero-order valence-electron chi connectivity index (χ0n) is 13.1. The average molecular weight is 317 g/mol. The largest absolute Gasteiger partial charge is 0.351 e. The molecule has 0 spiro atoms. The SMILES string of the molecule is Cn1cc(CCNC(=O)c2cc3c(s2)CCCCCC3)cn1. The summed E-state index contributed by atoms with van der Waals surface area (Å²) < 4.78 is 1.79. The van der Waals surface area contributed by atoms with Crippen molar-refractivity contribution >= 4 is 17.2 Å². The lowest BCUT2D eigenvalue weighted by Crippen LogP contribution is -2.24. The number of rotatable bonds is 4. The van der Waals surface area contributed by atoms with Gasteiger partial charge in [-0.05, 0) is 49.3 Å². The van der Waals surface area contributed by atoms with E-state index >= 15 is 0 Å². The number of carbonyl (C=O) groups excluding carboxylic acids is 1. The van der Waals surface area contributed by atoms with E-state index in [-0.39, 0.29) is 5.91 Å². The molecular formula is C17H23N3OS. The highest BCUT2D eigenvalue weighted by Crippen LogP contribution is 2.28. The Morgan fingerprint density at radius 2 is 2.14 bits per heavy atom. The van der Waals surface area contributed by atoms with Crippen LogP contribution in [0.3, 0.4) is 0 Å². The van der Waals surface area contributed by atoms with Gasteiger partial charge in [-0.25, -0.2) is 0 Å². The van der Waals surface area contributed by atoms with E-state index in [1.807, 2.05) is 19.4 Å². The number of aromatic nitrogens is 2. The molecule has 1 aliphatic carbocycles. The minimum atomic E-state index is 0.0700. The molecule has 0 unspecified atom stereocenters. The predicted octanol–water partition coefficient (Wildman–Crippen LogP) is 3.11. The van der Waals surface area contributed by atoms with Gasteiger partial charge >= 0.3 is 0 Å². The van der Waals surface area contributed by atoms with Crippen LogP contribution in [0.4, 0.5) is 0 Å². The standard InChI is InChI=1S/C17H23N3OS/c1-20-12-13(11-19-20)8-9-18-17(21)16-10-14-6-4-2-3-5-7-15(14)22-16/h10-12H,2-9H2,1H3,(H,18,21). The Hall–Kier alpha value is -1.62. The normalized spacial score (nSPS) is 15.0. The summed E-state index contributed by atoms with van der Waals surface area (Å²) in [5.41, 5.74) is 2.56. The highest BCUT2D eigenvalue weighted by atomic mass is 32.1. The van der Waals surface area contributed by atoms with Gasteiger partial charge in [0, 0.05) is 24.7 Å². The van der Waals surface area contributed by atoms with E-state index < -0.39 is 0 Å². The van der Waals surface area contributed by atoms with E-state index in [0.29, 0.717) is 6.54 Å². The summed E-state index contributed by atoms with van der Waals surface area (Å²) in [6.07, 6.45) is 12.1. The van der Waals surface area contributed by atoms with Gasteiger partial charge in [0.05, 0.1) is 11.1 Å². The molecule has 0 saturated heterocycles. The molecule has 2 aromatic rings. The molecule has 0 aliphatic heterocycles. The summed E-state index contributed by atoms with van der Waals surface area (Å²) in [6, 6.07) is 2.12. The highest BCUT2D eigenvalue weighted by molar-refractivity contribution is 7.14. The van der Waals surface area contributed by atoms with Gasteiger partial charge < -0.3 is 5.32 Å². The van der Waals surface area contributed by atoms with E-state index in [0.717, 1.165) is 29.7 Å². The first-order valence-electron chi connectivity index (χ1n) is 8.09. The Labute approximate surface area is 135 Å². The average Bonchev–Trinajstić information content (AvgIpc) is 3.05. The fourth-order valence-electron chi connectivity index (χ4n) is 2.96. The van der Waals surface area contributed by atoms with Gasteiger partial charge in [0.1, 0.15) is 0 Å². The molecule has 5 heteroatoms. The maximum absolute atomic E-state index is 12.3. The number of fused-ring (bicyclic) bond motifs is 1. The molecule has 0 fully saturated rings. The van der Waals surface area contributed by atoms with Crippen molar-refractivity contribution in [2.24, 2.45) is 7.05 Å². The number of amides is 1. The Bertz CT molecular complexity index is 619. The molecule has 0 bridgehead atoms. The monoisotopic (exact) mass is 317 g/mol. The highest BCUT2D eigenvalue weighted by Gasteiger charge is 2.15. The van der Waals surface area contributed by atoms with Crippen LogP contribution in [0.2, 0.25) is 0 Å². The Morgan fingerprint density at radius 3 is 2.91 bits per heavy atom. The summed E-state index contributed by atoms with van der Waals surface area (Å²) in [4.78, 5) is 14.6. The molecule has 0 aromatic carbocycles. The fraction of sp³-hybridized carbons (Fsp3) is 0.529. The van der Waals surface area contributed by atoms with E-state index in [9.17, 15) is 4.79 Å². The predicted molar refractivity (Wildman–Crippen MR) is 89.4 cm³/mol. The number of nitrogens with zero attached hydrogens (tertiary/aromatic N) is 2. The molecule has 4 nitrogen and oxygen atoms in total. The van der Waals surface area contributed by atoms with E-state index in [4.69, 9.17) is 0 Å². The molecule has 2 aromatic heterocycles. The third-order valence-electron chi connectivity index (χ3n) is 4.18. The van der Waals surface area contributed by atoms with Crippen LogP contribution in [0.1, 0.15) is 51.4 Å². The maximum atomic E-state index is 12.3. The van der Waals surface area contributed by atoms with Crippen LogP contribution >= 0.6 is 11.3 Å². The van der Waals surface area contributed by atoms with Gasteiger partial charge in [-0.15, -0.1) is 11.3 Å². The molecule has 2 heterocycles. The van der Waals surface area contributed by atoms with Crippen molar-refractivity contribution in [2.45, 2.75) is 44.9 Å². The third kappa shape index (κ3) is 3.77. The zero-order chi connectivity index (χ0) is 15.4. The van der Waals surface area contributed by atoms with Crippen molar-refractivity contribution in [2.75, 3.05) is 6.54 Å². The molecule has 1 amide bonds. The first-order valence-corrected chi connectivity index (χ1v) is 8.91. The Morgan fingerprint density at radius 1 is 1.32 bits per heavy atom. The van der Waals surface area contributed by atoms with Crippen molar-refractivity contribution in [1.82, 2.24) is 15.1 Å². The van der Waals surface area contributed by atoms with E-state index in [1.54, 1.807) is 16.0 Å². The second kappa shape index (κ2) is 7.09. The molecule has 1 N–H and O–H groups in total. The lowest BCUT2D eigenvalue weighted by Gasteiger charge is -2.07. The van der Waals surface area contributed by atoms with Gasteiger partial charge in [-0.1, -0.05) is 12.8 Å². The quantitative estimate of drug-likeness (QED) is 0.942. The second-order valence-electron chi connectivity index (χ2n) is 6.00. The maximum Gasteiger partial charge on any atom is 0.261 e. The fourth-order valence-corrected chi connectivity index (χ4v) is 4.13. The number of thiophene rings is 1. The van der Waals surface area contributed by atoms with Gasteiger partial charge in [0.15, 0.2) is 0 Å². The van der Waals surface area contributed by atoms with Crippen LogP contribution in [-0.4, -0.2) is 22.2 Å².